The van der Waals surface area contributed by atoms with E-state index in [9.17, 15) is 9.59 Å². The van der Waals surface area contributed by atoms with Crippen molar-refractivity contribution < 1.29 is 14.7 Å². The number of hydrogen-bond acceptors (Lipinski definition) is 3. The van der Waals surface area contributed by atoms with Crippen LogP contribution >= 0.6 is 0 Å². The fraction of sp³-hybridized carbons (Fsp3) is 0.818. The van der Waals surface area contributed by atoms with E-state index in [1.54, 1.807) is 7.05 Å². The molecule has 0 aromatic carbocycles. The summed E-state index contributed by atoms with van der Waals surface area (Å²) in [4.78, 5) is 24.0. The maximum absolute atomic E-state index is 11.1. The highest BCUT2D eigenvalue weighted by molar-refractivity contribution is 5.75. The fourth-order valence-electron chi connectivity index (χ4n) is 2.24. The van der Waals surface area contributed by atoms with Gasteiger partial charge in [-0.1, -0.05) is 6.92 Å². The summed E-state index contributed by atoms with van der Waals surface area (Å²) in [6, 6.07) is -0.371. The van der Waals surface area contributed by atoms with Gasteiger partial charge in [-0.2, -0.15) is 0 Å². The molecule has 1 aliphatic heterocycles. The average molecular weight is 228 g/mol. The molecule has 92 valence electrons. The Labute approximate surface area is 95.8 Å². The van der Waals surface area contributed by atoms with Crippen molar-refractivity contribution in [3.8, 4) is 0 Å². The van der Waals surface area contributed by atoms with E-state index >= 15 is 0 Å². The molecule has 0 radical (unpaired) electrons. The maximum Gasteiger partial charge on any atom is 0.321 e. The number of aliphatic carboxylic acids is 1. The molecule has 2 N–H and O–H groups in total. The van der Waals surface area contributed by atoms with E-state index in [-0.39, 0.29) is 17.9 Å². The normalized spacial score (nSPS) is 25.6. The van der Waals surface area contributed by atoms with Crippen molar-refractivity contribution >= 4 is 11.9 Å². The van der Waals surface area contributed by atoms with Crippen LogP contribution in [0.5, 0.6) is 0 Å². The second kappa shape index (κ2) is 5.84. The highest BCUT2D eigenvalue weighted by Crippen LogP contribution is 2.24. The van der Waals surface area contributed by atoms with Gasteiger partial charge in [0, 0.05) is 13.5 Å². The van der Waals surface area contributed by atoms with Gasteiger partial charge >= 0.3 is 5.97 Å². The number of nitrogens with zero attached hydrogens (tertiary/aromatic N) is 1. The minimum atomic E-state index is -0.745. The average Bonchev–Trinajstić information content (AvgIpc) is 2.59. The zero-order chi connectivity index (χ0) is 12.1. The van der Waals surface area contributed by atoms with E-state index in [4.69, 9.17) is 5.11 Å². The van der Waals surface area contributed by atoms with Crippen LogP contribution in [-0.4, -0.2) is 48.1 Å². The standard InChI is InChI=1S/C11H20N2O3/c1-8-5-7-13(10(8)11(15)16)6-3-4-9(14)12-2/h8,10H,3-7H2,1-2H3,(H,12,14)(H,15,16). The van der Waals surface area contributed by atoms with Crippen LogP contribution in [0, 0.1) is 5.92 Å². The minimum Gasteiger partial charge on any atom is -0.480 e. The van der Waals surface area contributed by atoms with Gasteiger partial charge in [-0.05, 0) is 31.8 Å². The van der Waals surface area contributed by atoms with Gasteiger partial charge in [-0.25, -0.2) is 0 Å². The lowest BCUT2D eigenvalue weighted by molar-refractivity contribution is -0.143. The molecule has 2 atom stereocenters. The monoisotopic (exact) mass is 228 g/mol. The molecule has 1 amide bonds. The number of carbonyl (C=O) groups excluding carboxylic acids is 1. The first-order chi connectivity index (χ1) is 7.56. The zero-order valence-corrected chi connectivity index (χ0v) is 9.90. The number of rotatable bonds is 5. The summed E-state index contributed by atoms with van der Waals surface area (Å²) in [5.74, 6) is -0.526. The number of carbonyl (C=O) groups is 2. The van der Waals surface area contributed by atoms with E-state index < -0.39 is 5.97 Å². The SMILES string of the molecule is CNC(=O)CCCN1CCC(C)C1C(=O)O. The number of carboxylic acids is 1. The predicted octanol–water partition coefficient (Wildman–Crippen LogP) is 0.308. The van der Waals surface area contributed by atoms with Crippen molar-refractivity contribution in [1.29, 1.82) is 0 Å². The van der Waals surface area contributed by atoms with Crippen LogP contribution in [0.1, 0.15) is 26.2 Å². The summed E-state index contributed by atoms with van der Waals surface area (Å²) < 4.78 is 0. The molecule has 1 saturated heterocycles. The Balaban J connectivity index is 2.36. The number of amides is 1. The van der Waals surface area contributed by atoms with E-state index in [0.717, 1.165) is 19.4 Å². The summed E-state index contributed by atoms with van der Waals surface area (Å²) in [5, 5.41) is 11.6. The lowest BCUT2D eigenvalue weighted by Crippen LogP contribution is -2.39. The largest absolute Gasteiger partial charge is 0.480 e. The van der Waals surface area contributed by atoms with Crippen molar-refractivity contribution in [1.82, 2.24) is 10.2 Å². The van der Waals surface area contributed by atoms with E-state index in [1.165, 1.54) is 0 Å². The Hall–Kier alpha value is -1.10. The molecular weight excluding hydrogens is 208 g/mol. The van der Waals surface area contributed by atoms with Gasteiger partial charge in [0.05, 0.1) is 0 Å². The van der Waals surface area contributed by atoms with Gasteiger partial charge in [-0.3, -0.25) is 14.5 Å². The van der Waals surface area contributed by atoms with Crippen LogP contribution in [-0.2, 0) is 9.59 Å². The Morgan fingerprint density at radius 2 is 2.19 bits per heavy atom. The summed E-state index contributed by atoms with van der Waals surface area (Å²) in [7, 11) is 1.61. The van der Waals surface area contributed by atoms with Crippen LogP contribution in [0.2, 0.25) is 0 Å². The van der Waals surface area contributed by atoms with Crippen LogP contribution in [0.25, 0.3) is 0 Å². The van der Waals surface area contributed by atoms with Crippen molar-refractivity contribution in [2.45, 2.75) is 32.2 Å². The van der Waals surface area contributed by atoms with Crippen LogP contribution in [0.4, 0.5) is 0 Å². The van der Waals surface area contributed by atoms with Crippen molar-refractivity contribution in [3.63, 3.8) is 0 Å². The number of carboxylic acid groups (broad SMARTS) is 1. The van der Waals surface area contributed by atoms with Crippen LogP contribution < -0.4 is 5.32 Å². The van der Waals surface area contributed by atoms with Crippen LogP contribution in [0.15, 0.2) is 0 Å². The lowest BCUT2D eigenvalue weighted by atomic mass is 10.0. The molecule has 0 bridgehead atoms. The minimum absolute atomic E-state index is 0.0131. The van der Waals surface area contributed by atoms with Gasteiger partial charge in [0.1, 0.15) is 6.04 Å². The molecule has 0 spiro atoms. The summed E-state index contributed by atoms with van der Waals surface area (Å²) in [6.07, 6.45) is 2.11. The molecule has 1 aliphatic rings. The topological polar surface area (TPSA) is 69.6 Å². The number of hydrogen-bond donors (Lipinski definition) is 2. The maximum atomic E-state index is 11.1. The van der Waals surface area contributed by atoms with Gasteiger partial charge in [0.15, 0.2) is 0 Å². The Morgan fingerprint density at radius 1 is 1.50 bits per heavy atom. The molecule has 1 rings (SSSR count). The van der Waals surface area contributed by atoms with E-state index in [1.807, 2.05) is 11.8 Å². The third-order valence-electron chi connectivity index (χ3n) is 3.19. The summed E-state index contributed by atoms with van der Waals surface area (Å²) in [5.41, 5.74) is 0. The molecule has 0 aliphatic carbocycles. The molecule has 0 aromatic heterocycles. The molecule has 5 heteroatoms. The summed E-state index contributed by atoms with van der Waals surface area (Å²) in [6.45, 7) is 3.48. The molecule has 16 heavy (non-hydrogen) atoms. The summed E-state index contributed by atoms with van der Waals surface area (Å²) >= 11 is 0. The quantitative estimate of drug-likeness (QED) is 0.710. The van der Waals surface area contributed by atoms with Crippen molar-refractivity contribution in [3.05, 3.63) is 0 Å². The Bertz CT molecular complexity index is 268. The predicted molar refractivity (Wildman–Crippen MR) is 60.1 cm³/mol. The molecule has 1 heterocycles. The van der Waals surface area contributed by atoms with E-state index in [0.29, 0.717) is 13.0 Å². The lowest BCUT2D eigenvalue weighted by Gasteiger charge is -2.22. The zero-order valence-electron chi connectivity index (χ0n) is 9.90. The molecule has 0 aromatic rings. The number of likely N-dealkylation sites (tertiary alicyclic amines) is 1. The fourth-order valence-corrected chi connectivity index (χ4v) is 2.24. The number of nitrogens with one attached hydrogen (secondary N) is 1. The molecule has 5 nitrogen and oxygen atoms in total. The second-order valence-corrected chi connectivity index (χ2v) is 4.36. The van der Waals surface area contributed by atoms with Gasteiger partial charge in [-0.15, -0.1) is 0 Å². The van der Waals surface area contributed by atoms with Crippen molar-refractivity contribution in [2.24, 2.45) is 5.92 Å². The first-order valence-corrected chi connectivity index (χ1v) is 5.73. The van der Waals surface area contributed by atoms with Crippen molar-refractivity contribution in [2.75, 3.05) is 20.1 Å². The third kappa shape index (κ3) is 3.20. The molecular formula is C11H20N2O3. The second-order valence-electron chi connectivity index (χ2n) is 4.36. The van der Waals surface area contributed by atoms with Gasteiger partial charge in [0.2, 0.25) is 5.91 Å². The molecule has 0 saturated carbocycles. The first kappa shape index (κ1) is 13.0. The highest BCUT2D eigenvalue weighted by atomic mass is 16.4. The highest BCUT2D eigenvalue weighted by Gasteiger charge is 2.35. The first-order valence-electron chi connectivity index (χ1n) is 5.73. The molecule has 1 fully saturated rings. The smallest absolute Gasteiger partial charge is 0.321 e. The van der Waals surface area contributed by atoms with E-state index in [2.05, 4.69) is 5.32 Å². The molecule has 2 unspecified atom stereocenters. The van der Waals surface area contributed by atoms with Gasteiger partial charge < -0.3 is 10.4 Å². The van der Waals surface area contributed by atoms with Crippen LogP contribution in [0.3, 0.4) is 0 Å². The Morgan fingerprint density at radius 3 is 2.75 bits per heavy atom. The van der Waals surface area contributed by atoms with Gasteiger partial charge in [0.25, 0.3) is 0 Å². The third-order valence-corrected chi connectivity index (χ3v) is 3.19. The Kier molecular flexibility index (Phi) is 4.73.